The van der Waals surface area contributed by atoms with Gasteiger partial charge in [-0.1, -0.05) is 0 Å². The quantitative estimate of drug-likeness (QED) is 0.643. The molecule has 0 fully saturated rings. The van der Waals surface area contributed by atoms with Crippen LogP contribution in [0, 0.1) is 0 Å². The van der Waals surface area contributed by atoms with Gasteiger partial charge in [0, 0.05) is 26.9 Å². The van der Waals surface area contributed by atoms with Gasteiger partial charge in [0.25, 0.3) is 0 Å². The van der Waals surface area contributed by atoms with E-state index < -0.39 is 5.97 Å². The largest absolute Gasteiger partial charge is 0.481 e. The van der Waals surface area contributed by atoms with Crippen molar-refractivity contribution in [2.45, 2.75) is 19.3 Å². The van der Waals surface area contributed by atoms with Crippen molar-refractivity contribution in [3.63, 3.8) is 0 Å². The predicted molar refractivity (Wildman–Crippen MR) is 40.2 cm³/mol. The number of amides is 1. The van der Waals surface area contributed by atoms with E-state index in [0.29, 0.717) is 12.8 Å². The Bertz CT molecular complexity index is 154. The molecule has 0 aliphatic heterocycles. The maximum absolute atomic E-state index is 10.9. The highest BCUT2D eigenvalue weighted by atomic mass is 16.4. The van der Waals surface area contributed by atoms with Crippen LogP contribution >= 0.6 is 0 Å². The third kappa shape index (κ3) is 5.39. The summed E-state index contributed by atoms with van der Waals surface area (Å²) in [6.07, 6.45) is 0.811. The summed E-state index contributed by atoms with van der Waals surface area (Å²) >= 11 is 0. The van der Waals surface area contributed by atoms with Crippen LogP contribution in [0.4, 0.5) is 0 Å². The Morgan fingerprint density at radius 1 is 1.27 bits per heavy atom. The van der Waals surface area contributed by atoms with Gasteiger partial charge in [-0.25, -0.2) is 0 Å². The molecule has 0 aliphatic carbocycles. The molecular weight excluding hydrogens is 146 g/mol. The molecule has 1 N–H and O–H groups in total. The normalized spacial score (nSPS) is 9.27. The molecule has 0 aromatic carbocycles. The second kappa shape index (κ2) is 4.71. The number of aliphatic carboxylic acids is 1. The summed E-state index contributed by atoms with van der Waals surface area (Å²) in [5, 5.41) is 8.24. The summed E-state index contributed by atoms with van der Waals surface area (Å²) < 4.78 is 0. The van der Waals surface area contributed by atoms with Crippen LogP contribution in [0.25, 0.3) is 0 Å². The molecule has 0 radical (unpaired) electrons. The maximum Gasteiger partial charge on any atom is 0.303 e. The van der Waals surface area contributed by atoms with E-state index in [1.165, 1.54) is 4.90 Å². The summed E-state index contributed by atoms with van der Waals surface area (Å²) in [6.45, 7) is 0. The number of carbonyl (C=O) groups is 2. The average Bonchev–Trinajstić information content (AvgIpc) is 1.86. The van der Waals surface area contributed by atoms with Crippen LogP contribution in [0.1, 0.15) is 19.3 Å². The van der Waals surface area contributed by atoms with Crippen LogP contribution < -0.4 is 0 Å². The minimum atomic E-state index is -0.850. The van der Waals surface area contributed by atoms with Crippen molar-refractivity contribution < 1.29 is 14.7 Å². The first-order chi connectivity index (χ1) is 5.04. The Kier molecular flexibility index (Phi) is 4.26. The zero-order valence-corrected chi connectivity index (χ0v) is 6.83. The summed E-state index contributed by atoms with van der Waals surface area (Å²) in [5.41, 5.74) is 0. The SMILES string of the molecule is CN(C)C(=O)CCCC(=O)O. The molecular formula is C7H13NO3. The highest BCUT2D eigenvalue weighted by Crippen LogP contribution is 1.97. The minimum absolute atomic E-state index is 0.0220. The summed E-state index contributed by atoms with van der Waals surface area (Å²) in [5.74, 6) is -0.872. The summed E-state index contributed by atoms with van der Waals surface area (Å²) in [7, 11) is 3.31. The van der Waals surface area contributed by atoms with Gasteiger partial charge in [-0.2, -0.15) is 0 Å². The highest BCUT2D eigenvalue weighted by Gasteiger charge is 2.04. The molecule has 0 aliphatic rings. The lowest BCUT2D eigenvalue weighted by Crippen LogP contribution is -2.21. The zero-order valence-electron chi connectivity index (χ0n) is 6.83. The zero-order chi connectivity index (χ0) is 8.85. The average molecular weight is 159 g/mol. The van der Waals surface area contributed by atoms with E-state index in [4.69, 9.17) is 5.11 Å². The lowest BCUT2D eigenvalue weighted by atomic mass is 10.2. The molecule has 0 saturated heterocycles. The van der Waals surface area contributed by atoms with Crippen molar-refractivity contribution in [3.8, 4) is 0 Å². The molecule has 64 valence electrons. The van der Waals surface area contributed by atoms with Gasteiger partial charge in [-0.05, 0) is 6.42 Å². The fraction of sp³-hybridized carbons (Fsp3) is 0.714. The van der Waals surface area contributed by atoms with Crippen molar-refractivity contribution in [3.05, 3.63) is 0 Å². The fourth-order valence-electron chi connectivity index (χ4n) is 0.614. The molecule has 0 rings (SSSR count). The third-order valence-corrected chi connectivity index (χ3v) is 1.28. The standard InChI is InChI=1S/C7H13NO3/c1-8(2)6(9)4-3-5-7(10)11/h3-5H2,1-2H3,(H,10,11). The van der Waals surface area contributed by atoms with Gasteiger partial charge >= 0.3 is 5.97 Å². The predicted octanol–water partition coefficient (Wildman–Crippen LogP) is 0.329. The van der Waals surface area contributed by atoms with E-state index >= 15 is 0 Å². The Labute approximate surface area is 65.8 Å². The molecule has 1 amide bonds. The van der Waals surface area contributed by atoms with Gasteiger partial charge in [0.1, 0.15) is 0 Å². The Morgan fingerprint density at radius 3 is 2.18 bits per heavy atom. The van der Waals surface area contributed by atoms with Crippen LogP contribution in [0.5, 0.6) is 0 Å². The van der Waals surface area contributed by atoms with Crippen molar-refractivity contribution in [2.75, 3.05) is 14.1 Å². The molecule has 0 spiro atoms. The minimum Gasteiger partial charge on any atom is -0.481 e. The van der Waals surface area contributed by atoms with Crippen LogP contribution in [-0.2, 0) is 9.59 Å². The number of rotatable bonds is 4. The van der Waals surface area contributed by atoms with Gasteiger partial charge in [0.15, 0.2) is 0 Å². The smallest absolute Gasteiger partial charge is 0.303 e. The maximum atomic E-state index is 10.9. The first-order valence-electron chi connectivity index (χ1n) is 3.46. The Balaban J connectivity index is 3.39. The molecule has 0 atom stereocenters. The molecule has 0 bridgehead atoms. The topological polar surface area (TPSA) is 57.6 Å². The van der Waals surface area contributed by atoms with E-state index in [9.17, 15) is 9.59 Å². The number of carboxylic acid groups (broad SMARTS) is 1. The summed E-state index contributed by atoms with van der Waals surface area (Å²) in [6, 6.07) is 0. The van der Waals surface area contributed by atoms with Gasteiger partial charge in [0.2, 0.25) is 5.91 Å². The van der Waals surface area contributed by atoms with Crippen LogP contribution in [0.3, 0.4) is 0 Å². The first kappa shape index (κ1) is 9.94. The van der Waals surface area contributed by atoms with E-state index in [1.54, 1.807) is 14.1 Å². The second-order valence-electron chi connectivity index (χ2n) is 2.54. The van der Waals surface area contributed by atoms with Crippen molar-refractivity contribution in [2.24, 2.45) is 0 Å². The molecule has 11 heavy (non-hydrogen) atoms. The summed E-state index contributed by atoms with van der Waals surface area (Å²) in [4.78, 5) is 22.3. The fourth-order valence-corrected chi connectivity index (χ4v) is 0.614. The lowest BCUT2D eigenvalue weighted by molar-refractivity contribution is -0.137. The van der Waals surface area contributed by atoms with Gasteiger partial charge in [-0.3, -0.25) is 9.59 Å². The molecule has 0 unspecified atom stereocenters. The van der Waals surface area contributed by atoms with Gasteiger partial charge < -0.3 is 10.0 Å². The molecule has 4 nitrogen and oxygen atoms in total. The van der Waals surface area contributed by atoms with E-state index in [-0.39, 0.29) is 12.3 Å². The Morgan fingerprint density at radius 2 is 1.82 bits per heavy atom. The molecule has 0 aromatic rings. The highest BCUT2D eigenvalue weighted by molar-refractivity contribution is 5.76. The Hall–Kier alpha value is -1.06. The van der Waals surface area contributed by atoms with Crippen molar-refractivity contribution >= 4 is 11.9 Å². The van der Waals surface area contributed by atoms with Crippen LogP contribution in [0.2, 0.25) is 0 Å². The molecule has 0 saturated carbocycles. The van der Waals surface area contributed by atoms with E-state index in [0.717, 1.165) is 0 Å². The number of carboxylic acids is 1. The molecule has 0 heterocycles. The lowest BCUT2D eigenvalue weighted by Gasteiger charge is -2.08. The molecule has 0 aromatic heterocycles. The van der Waals surface area contributed by atoms with Crippen LogP contribution in [0.15, 0.2) is 0 Å². The van der Waals surface area contributed by atoms with E-state index in [2.05, 4.69) is 0 Å². The van der Waals surface area contributed by atoms with Crippen LogP contribution in [-0.4, -0.2) is 36.0 Å². The number of carbonyl (C=O) groups excluding carboxylic acids is 1. The number of hydrogen-bond acceptors (Lipinski definition) is 2. The second-order valence-corrected chi connectivity index (χ2v) is 2.54. The number of hydrogen-bond donors (Lipinski definition) is 1. The molecule has 4 heteroatoms. The van der Waals surface area contributed by atoms with Gasteiger partial charge in [0.05, 0.1) is 0 Å². The number of nitrogens with zero attached hydrogens (tertiary/aromatic N) is 1. The third-order valence-electron chi connectivity index (χ3n) is 1.28. The van der Waals surface area contributed by atoms with Crippen molar-refractivity contribution in [1.82, 2.24) is 4.90 Å². The first-order valence-corrected chi connectivity index (χ1v) is 3.46. The van der Waals surface area contributed by atoms with Gasteiger partial charge in [-0.15, -0.1) is 0 Å². The van der Waals surface area contributed by atoms with E-state index in [1.807, 2.05) is 0 Å². The monoisotopic (exact) mass is 159 g/mol. The van der Waals surface area contributed by atoms with Crippen molar-refractivity contribution in [1.29, 1.82) is 0 Å².